The molecule has 0 spiro atoms. The van der Waals surface area contributed by atoms with E-state index >= 15 is 0 Å². The van der Waals surface area contributed by atoms with Crippen molar-refractivity contribution in [2.24, 2.45) is 5.73 Å². The quantitative estimate of drug-likeness (QED) is 0.875. The Hall–Kier alpha value is -1.38. The Morgan fingerprint density at radius 1 is 1.11 bits per heavy atom. The van der Waals surface area contributed by atoms with E-state index in [1.54, 1.807) is 7.11 Å². The zero-order valence-corrected chi connectivity index (χ0v) is 11.1. The standard InChI is InChI=1S/C16H21NO/c1-12(18-2)10-15(17)11-14-8-5-7-13-6-3-4-9-16(13)14/h3-9,12,15H,10-11,17H2,1-2H3. The Morgan fingerprint density at radius 3 is 2.61 bits per heavy atom. The van der Waals surface area contributed by atoms with E-state index in [0.717, 1.165) is 12.8 Å². The number of ether oxygens (including phenoxy) is 1. The molecule has 2 aromatic carbocycles. The van der Waals surface area contributed by atoms with E-state index in [1.165, 1.54) is 16.3 Å². The molecule has 2 atom stereocenters. The predicted octanol–water partition coefficient (Wildman–Crippen LogP) is 3.13. The summed E-state index contributed by atoms with van der Waals surface area (Å²) in [4.78, 5) is 0. The van der Waals surface area contributed by atoms with Crippen LogP contribution in [-0.4, -0.2) is 19.3 Å². The van der Waals surface area contributed by atoms with Crippen molar-refractivity contribution in [1.82, 2.24) is 0 Å². The fraction of sp³-hybridized carbons (Fsp3) is 0.375. The van der Waals surface area contributed by atoms with Gasteiger partial charge in [-0.1, -0.05) is 42.5 Å². The molecule has 2 unspecified atom stereocenters. The first kappa shape index (κ1) is 13.1. The monoisotopic (exact) mass is 243 g/mol. The van der Waals surface area contributed by atoms with Gasteiger partial charge in [-0.25, -0.2) is 0 Å². The number of nitrogens with two attached hydrogens (primary N) is 1. The summed E-state index contributed by atoms with van der Waals surface area (Å²) in [5.41, 5.74) is 7.52. The molecule has 0 saturated heterocycles. The number of hydrogen-bond acceptors (Lipinski definition) is 2. The second kappa shape index (κ2) is 5.98. The van der Waals surface area contributed by atoms with Gasteiger partial charge in [-0.05, 0) is 36.1 Å². The van der Waals surface area contributed by atoms with Gasteiger partial charge in [-0.15, -0.1) is 0 Å². The first-order valence-electron chi connectivity index (χ1n) is 6.45. The number of hydrogen-bond donors (Lipinski definition) is 1. The van der Waals surface area contributed by atoms with E-state index in [2.05, 4.69) is 49.4 Å². The van der Waals surface area contributed by atoms with Crippen LogP contribution < -0.4 is 5.73 Å². The summed E-state index contributed by atoms with van der Waals surface area (Å²) in [6.45, 7) is 2.06. The lowest BCUT2D eigenvalue weighted by Crippen LogP contribution is -2.28. The molecule has 2 rings (SSSR count). The van der Waals surface area contributed by atoms with E-state index in [1.807, 2.05) is 0 Å². The topological polar surface area (TPSA) is 35.2 Å². The normalized spacial score (nSPS) is 14.6. The molecule has 2 aromatic rings. The molecule has 0 aliphatic rings. The summed E-state index contributed by atoms with van der Waals surface area (Å²) < 4.78 is 5.27. The van der Waals surface area contributed by atoms with Crippen LogP contribution in [0.25, 0.3) is 10.8 Å². The molecule has 0 aliphatic carbocycles. The Morgan fingerprint density at radius 2 is 1.83 bits per heavy atom. The maximum Gasteiger partial charge on any atom is 0.0558 e. The average molecular weight is 243 g/mol. The van der Waals surface area contributed by atoms with Gasteiger partial charge in [0.15, 0.2) is 0 Å². The van der Waals surface area contributed by atoms with Crippen molar-refractivity contribution in [3.05, 3.63) is 48.0 Å². The van der Waals surface area contributed by atoms with E-state index in [-0.39, 0.29) is 12.1 Å². The number of fused-ring (bicyclic) bond motifs is 1. The lowest BCUT2D eigenvalue weighted by molar-refractivity contribution is 0.105. The van der Waals surface area contributed by atoms with Crippen molar-refractivity contribution in [1.29, 1.82) is 0 Å². The Bertz CT molecular complexity index is 504. The zero-order valence-electron chi connectivity index (χ0n) is 11.1. The van der Waals surface area contributed by atoms with E-state index < -0.39 is 0 Å². The van der Waals surface area contributed by atoms with Crippen LogP contribution in [0.15, 0.2) is 42.5 Å². The van der Waals surface area contributed by atoms with Gasteiger partial charge in [0.1, 0.15) is 0 Å². The molecule has 96 valence electrons. The molecule has 0 bridgehead atoms. The molecular formula is C16H21NO. The van der Waals surface area contributed by atoms with Crippen molar-refractivity contribution in [2.45, 2.75) is 31.9 Å². The van der Waals surface area contributed by atoms with Crippen LogP contribution in [-0.2, 0) is 11.2 Å². The lowest BCUT2D eigenvalue weighted by Gasteiger charge is -2.17. The molecule has 18 heavy (non-hydrogen) atoms. The van der Waals surface area contributed by atoms with Crippen LogP contribution in [0.1, 0.15) is 18.9 Å². The summed E-state index contributed by atoms with van der Waals surface area (Å²) in [5, 5.41) is 2.59. The number of rotatable bonds is 5. The molecule has 2 N–H and O–H groups in total. The summed E-state index contributed by atoms with van der Waals surface area (Å²) in [7, 11) is 1.73. The highest BCUT2D eigenvalue weighted by Crippen LogP contribution is 2.20. The van der Waals surface area contributed by atoms with Crippen LogP contribution in [0.5, 0.6) is 0 Å². The van der Waals surface area contributed by atoms with Gasteiger partial charge in [0.2, 0.25) is 0 Å². The van der Waals surface area contributed by atoms with Gasteiger partial charge in [0.25, 0.3) is 0 Å². The Kier molecular flexibility index (Phi) is 4.34. The van der Waals surface area contributed by atoms with Crippen LogP contribution >= 0.6 is 0 Å². The SMILES string of the molecule is COC(C)CC(N)Cc1cccc2ccccc12. The Balaban J connectivity index is 2.16. The molecule has 0 aliphatic heterocycles. The molecular weight excluding hydrogens is 222 g/mol. The predicted molar refractivity (Wildman–Crippen MR) is 76.7 cm³/mol. The summed E-state index contributed by atoms with van der Waals surface area (Å²) in [6, 6.07) is 15.0. The average Bonchev–Trinajstić information content (AvgIpc) is 2.39. The van der Waals surface area contributed by atoms with Crippen molar-refractivity contribution in [3.8, 4) is 0 Å². The number of methoxy groups -OCH3 is 1. The van der Waals surface area contributed by atoms with Crippen LogP contribution in [0, 0.1) is 0 Å². The highest BCUT2D eigenvalue weighted by atomic mass is 16.5. The van der Waals surface area contributed by atoms with E-state index in [9.17, 15) is 0 Å². The third-order valence-electron chi connectivity index (χ3n) is 3.40. The smallest absolute Gasteiger partial charge is 0.0558 e. The minimum atomic E-state index is 0.144. The highest BCUT2D eigenvalue weighted by molar-refractivity contribution is 5.85. The molecule has 2 nitrogen and oxygen atoms in total. The molecule has 0 amide bonds. The minimum Gasteiger partial charge on any atom is -0.382 e. The maximum absolute atomic E-state index is 6.19. The maximum atomic E-state index is 6.19. The minimum absolute atomic E-state index is 0.144. The van der Waals surface area contributed by atoms with Crippen molar-refractivity contribution >= 4 is 10.8 Å². The highest BCUT2D eigenvalue weighted by Gasteiger charge is 2.10. The van der Waals surface area contributed by atoms with E-state index in [4.69, 9.17) is 10.5 Å². The van der Waals surface area contributed by atoms with Gasteiger partial charge in [-0.3, -0.25) is 0 Å². The summed E-state index contributed by atoms with van der Waals surface area (Å²) in [6.07, 6.45) is 2.00. The largest absolute Gasteiger partial charge is 0.382 e. The number of benzene rings is 2. The fourth-order valence-electron chi connectivity index (χ4n) is 2.36. The lowest BCUT2D eigenvalue weighted by atomic mass is 9.97. The molecule has 0 fully saturated rings. The van der Waals surface area contributed by atoms with Gasteiger partial charge in [0.05, 0.1) is 6.10 Å². The second-order valence-electron chi connectivity index (χ2n) is 4.88. The van der Waals surface area contributed by atoms with Crippen molar-refractivity contribution < 1.29 is 4.74 Å². The second-order valence-corrected chi connectivity index (χ2v) is 4.88. The summed E-state index contributed by atoms with van der Waals surface area (Å²) >= 11 is 0. The third kappa shape index (κ3) is 3.09. The van der Waals surface area contributed by atoms with Crippen LogP contribution in [0.2, 0.25) is 0 Å². The van der Waals surface area contributed by atoms with Gasteiger partial charge in [-0.2, -0.15) is 0 Å². The van der Waals surface area contributed by atoms with Gasteiger partial charge in [0, 0.05) is 13.2 Å². The van der Waals surface area contributed by atoms with E-state index in [0.29, 0.717) is 0 Å². The Labute approximate surface area is 109 Å². The molecule has 0 saturated carbocycles. The first-order chi connectivity index (χ1) is 8.70. The first-order valence-corrected chi connectivity index (χ1v) is 6.45. The van der Waals surface area contributed by atoms with Crippen LogP contribution in [0.4, 0.5) is 0 Å². The zero-order chi connectivity index (χ0) is 13.0. The molecule has 0 aromatic heterocycles. The van der Waals surface area contributed by atoms with Gasteiger partial charge >= 0.3 is 0 Å². The summed E-state index contributed by atoms with van der Waals surface area (Å²) in [5.74, 6) is 0. The van der Waals surface area contributed by atoms with Crippen molar-refractivity contribution in [3.63, 3.8) is 0 Å². The van der Waals surface area contributed by atoms with Gasteiger partial charge < -0.3 is 10.5 Å². The van der Waals surface area contributed by atoms with Crippen molar-refractivity contribution in [2.75, 3.05) is 7.11 Å². The molecule has 0 radical (unpaired) electrons. The molecule has 2 heteroatoms. The van der Waals surface area contributed by atoms with Crippen LogP contribution in [0.3, 0.4) is 0 Å². The third-order valence-corrected chi connectivity index (χ3v) is 3.40. The molecule has 0 heterocycles. The fourth-order valence-corrected chi connectivity index (χ4v) is 2.36.